The maximum absolute atomic E-state index is 9.34. The predicted octanol–water partition coefficient (Wildman–Crippen LogP) is 0.440. The summed E-state index contributed by atoms with van der Waals surface area (Å²) in [4.78, 5) is 12.4. The molecule has 0 bridgehead atoms. The second kappa shape index (κ2) is 3.12. The Balaban J connectivity index is 3.58. The van der Waals surface area contributed by atoms with Crippen molar-refractivity contribution in [2.45, 2.75) is 0 Å². The van der Waals surface area contributed by atoms with E-state index in [1.807, 2.05) is 0 Å². The Labute approximate surface area is 41.3 Å². The van der Waals surface area contributed by atoms with E-state index in [-0.39, 0.29) is 5.88 Å². The Morgan fingerprint density at radius 1 is 2.00 bits per heavy atom. The Kier molecular flexibility index (Phi) is 2.64. The maximum Gasteiger partial charge on any atom is 0.243 e. The lowest BCUT2D eigenvalue weighted by Gasteiger charge is -1.87. The molecule has 0 aliphatic rings. The van der Waals surface area contributed by atoms with Gasteiger partial charge in [-0.15, -0.1) is 4.99 Å². The highest BCUT2D eigenvalue weighted by molar-refractivity contribution is 5.35. The number of carbonyl (C=O) groups excluding carboxylic acids is 1. The molecule has 3 heteroatoms. The van der Waals surface area contributed by atoms with E-state index in [1.165, 1.54) is 13.2 Å². The molecule has 0 N–H and O–H groups in total. The van der Waals surface area contributed by atoms with Crippen LogP contribution in [0.25, 0.3) is 0 Å². The number of nitrogens with zero attached hydrogens (tertiary/aromatic N) is 1. The standard InChI is InChI=1S/C4H5NO2/c1-4(7-2)5-3-6/h1H2,2H3. The van der Waals surface area contributed by atoms with E-state index in [9.17, 15) is 4.79 Å². The molecule has 0 saturated heterocycles. The molecule has 0 aromatic heterocycles. The van der Waals surface area contributed by atoms with E-state index in [1.54, 1.807) is 0 Å². The predicted molar refractivity (Wildman–Crippen MR) is 24.3 cm³/mol. The normalized spacial score (nSPS) is 6.43. The summed E-state index contributed by atoms with van der Waals surface area (Å²) in [5.41, 5.74) is 0. The fourth-order valence-corrected chi connectivity index (χ4v) is 0.0966. The molecule has 0 saturated carbocycles. The van der Waals surface area contributed by atoms with Crippen molar-refractivity contribution in [3.63, 3.8) is 0 Å². The zero-order chi connectivity index (χ0) is 5.70. The van der Waals surface area contributed by atoms with Crippen molar-refractivity contribution in [3.05, 3.63) is 12.5 Å². The van der Waals surface area contributed by atoms with Crippen LogP contribution in [-0.4, -0.2) is 13.2 Å². The topological polar surface area (TPSA) is 38.7 Å². The van der Waals surface area contributed by atoms with Gasteiger partial charge in [-0.3, -0.25) is 0 Å². The number of rotatable bonds is 2. The summed E-state index contributed by atoms with van der Waals surface area (Å²) in [5, 5.41) is 0. The summed E-state index contributed by atoms with van der Waals surface area (Å²) >= 11 is 0. The third kappa shape index (κ3) is 2.73. The second-order valence-corrected chi connectivity index (χ2v) is 0.801. The Bertz CT molecular complexity index is 113. The highest BCUT2D eigenvalue weighted by Gasteiger charge is 1.77. The van der Waals surface area contributed by atoms with Crippen molar-refractivity contribution >= 4 is 6.08 Å². The minimum absolute atomic E-state index is 0.0787. The third-order valence-electron chi connectivity index (χ3n) is 0.406. The first-order valence-corrected chi connectivity index (χ1v) is 1.62. The van der Waals surface area contributed by atoms with Gasteiger partial charge in [-0.2, -0.15) is 0 Å². The molecule has 0 aliphatic carbocycles. The molecule has 0 aromatic rings. The molecule has 7 heavy (non-hydrogen) atoms. The van der Waals surface area contributed by atoms with E-state index >= 15 is 0 Å². The summed E-state index contributed by atoms with van der Waals surface area (Å²) in [7, 11) is 1.38. The smallest absolute Gasteiger partial charge is 0.243 e. The molecular weight excluding hydrogens is 94.0 g/mol. The molecule has 3 nitrogen and oxygen atoms in total. The minimum atomic E-state index is 0.0787. The van der Waals surface area contributed by atoms with Crippen LogP contribution in [0.2, 0.25) is 0 Å². The van der Waals surface area contributed by atoms with E-state index < -0.39 is 0 Å². The number of hydrogen-bond acceptors (Lipinski definition) is 3. The van der Waals surface area contributed by atoms with Crippen LogP contribution in [0.4, 0.5) is 0 Å². The molecule has 0 spiro atoms. The third-order valence-corrected chi connectivity index (χ3v) is 0.406. The summed E-state index contributed by atoms with van der Waals surface area (Å²) in [6, 6.07) is 0. The minimum Gasteiger partial charge on any atom is -0.481 e. The van der Waals surface area contributed by atoms with Gasteiger partial charge in [0.05, 0.1) is 7.11 Å². The van der Waals surface area contributed by atoms with E-state index in [4.69, 9.17) is 0 Å². The highest BCUT2D eigenvalue weighted by Crippen LogP contribution is 1.86. The molecule has 0 fully saturated rings. The fraction of sp³-hybridized carbons (Fsp3) is 0.250. The molecular formula is C4H5NO2. The van der Waals surface area contributed by atoms with Crippen molar-refractivity contribution < 1.29 is 9.53 Å². The van der Waals surface area contributed by atoms with Crippen LogP contribution in [0.3, 0.4) is 0 Å². The largest absolute Gasteiger partial charge is 0.481 e. The zero-order valence-electron chi connectivity index (χ0n) is 3.97. The summed E-state index contributed by atoms with van der Waals surface area (Å²) in [6.07, 6.45) is 1.27. The van der Waals surface area contributed by atoms with Crippen molar-refractivity contribution in [2.24, 2.45) is 4.99 Å². The fourth-order valence-electron chi connectivity index (χ4n) is 0.0966. The molecule has 38 valence electrons. The molecule has 0 heterocycles. The molecule has 0 atom stereocenters. The van der Waals surface area contributed by atoms with Gasteiger partial charge in [0.1, 0.15) is 0 Å². The quantitative estimate of drug-likeness (QED) is 0.286. The van der Waals surface area contributed by atoms with Gasteiger partial charge in [0.15, 0.2) is 0 Å². The van der Waals surface area contributed by atoms with Crippen molar-refractivity contribution in [3.8, 4) is 0 Å². The zero-order valence-corrected chi connectivity index (χ0v) is 3.97. The Hall–Kier alpha value is -1.08. The van der Waals surface area contributed by atoms with Gasteiger partial charge in [-0.1, -0.05) is 0 Å². The Morgan fingerprint density at radius 3 is 2.71 bits per heavy atom. The SMILES string of the molecule is C=C(N=C=O)OC. The van der Waals surface area contributed by atoms with Crippen molar-refractivity contribution in [2.75, 3.05) is 7.11 Å². The summed E-state index contributed by atoms with van der Waals surface area (Å²) < 4.78 is 4.37. The van der Waals surface area contributed by atoms with Gasteiger partial charge in [0.25, 0.3) is 0 Å². The number of isocyanates is 1. The average molecular weight is 99.1 g/mol. The van der Waals surface area contributed by atoms with Crippen LogP contribution in [0.1, 0.15) is 0 Å². The van der Waals surface area contributed by atoms with Crippen molar-refractivity contribution in [1.29, 1.82) is 0 Å². The molecule has 0 amide bonds. The summed E-state index contributed by atoms with van der Waals surface area (Å²) in [6.45, 7) is 3.21. The average Bonchev–Trinajstić information content (AvgIpc) is 1.68. The number of hydrogen-bond donors (Lipinski definition) is 0. The van der Waals surface area contributed by atoms with Gasteiger partial charge in [0, 0.05) is 0 Å². The van der Waals surface area contributed by atoms with Crippen LogP contribution in [-0.2, 0) is 9.53 Å². The molecule has 0 rings (SSSR count). The van der Waals surface area contributed by atoms with Crippen LogP contribution in [0.15, 0.2) is 17.5 Å². The first kappa shape index (κ1) is 5.92. The second-order valence-electron chi connectivity index (χ2n) is 0.801. The van der Waals surface area contributed by atoms with Crippen molar-refractivity contribution in [1.82, 2.24) is 0 Å². The molecule has 0 unspecified atom stereocenters. The lowest BCUT2D eigenvalue weighted by molar-refractivity contribution is 0.290. The highest BCUT2D eigenvalue weighted by atomic mass is 16.5. The molecule has 0 aromatic carbocycles. The number of ether oxygens (including phenoxy) is 1. The molecule has 0 aliphatic heterocycles. The number of aliphatic imine (C=N–C) groups is 1. The van der Waals surface area contributed by atoms with E-state index in [0.29, 0.717) is 0 Å². The van der Waals surface area contributed by atoms with Gasteiger partial charge in [0.2, 0.25) is 12.0 Å². The van der Waals surface area contributed by atoms with Gasteiger partial charge >= 0.3 is 0 Å². The van der Waals surface area contributed by atoms with E-state index in [2.05, 4.69) is 16.3 Å². The van der Waals surface area contributed by atoms with Crippen LogP contribution >= 0.6 is 0 Å². The van der Waals surface area contributed by atoms with Gasteiger partial charge in [-0.05, 0) is 6.58 Å². The van der Waals surface area contributed by atoms with E-state index in [0.717, 1.165) is 0 Å². The summed E-state index contributed by atoms with van der Waals surface area (Å²) in [5.74, 6) is 0.0787. The first-order chi connectivity index (χ1) is 3.31. The van der Waals surface area contributed by atoms with Gasteiger partial charge in [-0.25, -0.2) is 4.79 Å². The lowest BCUT2D eigenvalue weighted by Crippen LogP contribution is -1.75. The van der Waals surface area contributed by atoms with Gasteiger partial charge < -0.3 is 4.74 Å². The van der Waals surface area contributed by atoms with Crippen LogP contribution in [0, 0.1) is 0 Å². The van der Waals surface area contributed by atoms with Crippen LogP contribution in [0.5, 0.6) is 0 Å². The molecule has 0 radical (unpaired) electrons. The maximum atomic E-state index is 9.34. The Morgan fingerprint density at radius 2 is 2.57 bits per heavy atom. The first-order valence-electron chi connectivity index (χ1n) is 1.62. The monoisotopic (exact) mass is 99.0 g/mol. The lowest BCUT2D eigenvalue weighted by atomic mass is 10.9. The van der Waals surface area contributed by atoms with Crippen LogP contribution < -0.4 is 0 Å². The number of methoxy groups -OCH3 is 1.